The average molecular weight is 294 g/mol. The van der Waals surface area contributed by atoms with Crippen LogP contribution in [-0.4, -0.2) is 66.7 Å². The molecule has 1 fully saturated rings. The summed E-state index contributed by atoms with van der Waals surface area (Å²) in [5, 5.41) is 21.2. The standard InChI is InChI=1S/C15H26N4O2/c1-4-13(11-20)17-10-12(9-16)15(21)19(3)14-5-7-18(2)8-6-14/h10,13-14,17,20H,4-8,11H2,1-3H3/b12-10-. The van der Waals surface area contributed by atoms with Gasteiger partial charge in [-0.15, -0.1) is 0 Å². The van der Waals surface area contributed by atoms with Gasteiger partial charge in [-0.3, -0.25) is 4.79 Å². The third kappa shape index (κ3) is 5.03. The van der Waals surface area contributed by atoms with E-state index in [1.54, 1.807) is 11.9 Å². The van der Waals surface area contributed by atoms with Gasteiger partial charge in [0.1, 0.15) is 11.6 Å². The Hall–Kier alpha value is -1.58. The van der Waals surface area contributed by atoms with Crippen LogP contribution in [0.1, 0.15) is 26.2 Å². The number of nitrogens with zero attached hydrogens (tertiary/aromatic N) is 3. The fourth-order valence-electron chi connectivity index (χ4n) is 2.38. The molecule has 118 valence electrons. The summed E-state index contributed by atoms with van der Waals surface area (Å²) in [5.41, 5.74) is 0.0864. The van der Waals surface area contributed by atoms with Crippen molar-refractivity contribution in [2.75, 3.05) is 33.8 Å². The molecule has 1 heterocycles. The molecule has 0 spiro atoms. The van der Waals surface area contributed by atoms with Crippen LogP contribution in [0.2, 0.25) is 0 Å². The number of carbonyl (C=O) groups excluding carboxylic acids is 1. The Bertz CT molecular complexity index is 404. The van der Waals surface area contributed by atoms with E-state index in [0.717, 1.165) is 32.4 Å². The number of rotatable bonds is 6. The highest BCUT2D eigenvalue weighted by molar-refractivity contribution is 5.97. The van der Waals surface area contributed by atoms with E-state index in [1.807, 2.05) is 13.0 Å². The van der Waals surface area contributed by atoms with Crippen molar-refractivity contribution in [2.45, 2.75) is 38.3 Å². The molecule has 1 rings (SSSR count). The van der Waals surface area contributed by atoms with Crippen LogP contribution in [0.5, 0.6) is 0 Å². The van der Waals surface area contributed by atoms with E-state index >= 15 is 0 Å². The Morgan fingerprint density at radius 3 is 2.67 bits per heavy atom. The molecule has 1 amide bonds. The number of piperidine rings is 1. The van der Waals surface area contributed by atoms with Gasteiger partial charge in [0.05, 0.1) is 6.61 Å². The molecule has 0 bridgehead atoms. The van der Waals surface area contributed by atoms with Crippen molar-refractivity contribution < 1.29 is 9.90 Å². The van der Waals surface area contributed by atoms with E-state index in [2.05, 4.69) is 17.3 Å². The van der Waals surface area contributed by atoms with E-state index in [1.165, 1.54) is 6.20 Å². The van der Waals surface area contributed by atoms with Gasteiger partial charge in [0.2, 0.25) is 0 Å². The maximum absolute atomic E-state index is 12.4. The molecule has 1 unspecified atom stereocenters. The van der Waals surface area contributed by atoms with E-state index < -0.39 is 0 Å². The minimum Gasteiger partial charge on any atom is -0.394 e. The second-order valence-electron chi connectivity index (χ2n) is 5.57. The number of amides is 1. The van der Waals surface area contributed by atoms with Crippen LogP contribution in [0.4, 0.5) is 0 Å². The molecule has 21 heavy (non-hydrogen) atoms. The highest BCUT2D eigenvalue weighted by Crippen LogP contribution is 2.16. The van der Waals surface area contributed by atoms with Crippen molar-refractivity contribution in [3.63, 3.8) is 0 Å². The Morgan fingerprint density at radius 1 is 1.57 bits per heavy atom. The summed E-state index contributed by atoms with van der Waals surface area (Å²) in [4.78, 5) is 16.3. The van der Waals surface area contributed by atoms with Crippen LogP contribution < -0.4 is 5.32 Å². The van der Waals surface area contributed by atoms with Crippen LogP contribution in [0.15, 0.2) is 11.8 Å². The molecule has 0 aromatic heterocycles. The Morgan fingerprint density at radius 2 is 2.19 bits per heavy atom. The molecular weight excluding hydrogens is 268 g/mol. The summed E-state index contributed by atoms with van der Waals surface area (Å²) >= 11 is 0. The number of likely N-dealkylation sites (N-methyl/N-ethyl adjacent to an activating group) is 1. The van der Waals surface area contributed by atoms with Crippen molar-refractivity contribution in [3.8, 4) is 6.07 Å². The number of hydrogen-bond acceptors (Lipinski definition) is 5. The van der Waals surface area contributed by atoms with Gasteiger partial charge in [0.15, 0.2) is 0 Å². The van der Waals surface area contributed by atoms with Gasteiger partial charge < -0.3 is 20.2 Å². The molecule has 6 heteroatoms. The van der Waals surface area contributed by atoms with Gasteiger partial charge in [-0.05, 0) is 39.4 Å². The first-order valence-corrected chi connectivity index (χ1v) is 7.46. The van der Waals surface area contributed by atoms with Crippen molar-refractivity contribution >= 4 is 5.91 Å². The number of aliphatic hydroxyl groups excluding tert-OH is 1. The van der Waals surface area contributed by atoms with Gasteiger partial charge in [-0.2, -0.15) is 5.26 Å². The number of aliphatic hydroxyl groups is 1. The molecule has 0 aromatic carbocycles. The first-order valence-electron chi connectivity index (χ1n) is 7.46. The van der Waals surface area contributed by atoms with E-state index in [-0.39, 0.29) is 30.2 Å². The quantitative estimate of drug-likeness (QED) is 0.544. The molecule has 0 aliphatic carbocycles. The van der Waals surface area contributed by atoms with E-state index in [0.29, 0.717) is 0 Å². The number of carbonyl (C=O) groups is 1. The Kier molecular flexibility index (Phi) is 7.20. The largest absolute Gasteiger partial charge is 0.394 e. The fourth-order valence-corrected chi connectivity index (χ4v) is 2.38. The topological polar surface area (TPSA) is 79.6 Å². The highest BCUT2D eigenvalue weighted by Gasteiger charge is 2.25. The summed E-state index contributed by atoms with van der Waals surface area (Å²) in [7, 11) is 3.83. The second-order valence-corrected chi connectivity index (χ2v) is 5.57. The molecule has 1 aliphatic heterocycles. The Balaban J connectivity index is 2.65. The highest BCUT2D eigenvalue weighted by atomic mass is 16.3. The Labute approximate surface area is 127 Å². The maximum atomic E-state index is 12.4. The third-order valence-electron chi connectivity index (χ3n) is 4.08. The summed E-state index contributed by atoms with van der Waals surface area (Å²) in [6.07, 6.45) is 4.01. The SMILES string of the molecule is CCC(CO)N/C=C(/C#N)C(=O)N(C)C1CCN(C)CC1. The van der Waals surface area contributed by atoms with Gasteiger partial charge in [-0.25, -0.2) is 0 Å². The monoisotopic (exact) mass is 294 g/mol. The lowest BCUT2D eigenvalue weighted by Crippen LogP contribution is -2.45. The lowest BCUT2D eigenvalue weighted by Gasteiger charge is -2.35. The van der Waals surface area contributed by atoms with E-state index in [4.69, 9.17) is 10.4 Å². The average Bonchev–Trinajstić information content (AvgIpc) is 2.51. The number of nitrogens with one attached hydrogen (secondary N) is 1. The van der Waals surface area contributed by atoms with Crippen LogP contribution >= 0.6 is 0 Å². The summed E-state index contributed by atoms with van der Waals surface area (Å²) in [6, 6.07) is 2.01. The number of hydrogen-bond donors (Lipinski definition) is 2. The predicted molar refractivity (Wildman–Crippen MR) is 81.3 cm³/mol. The number of nitriles is 1. The summed E-state index contributed by atoms with van der Waals surface area (Å²) < 4.78 is 0. The van der Waals surface area contributed by atoms with Gasteiger partial charge in [0, 0.05) is 25.3 Å². The predicted octanol–water partition coefficient (Wildman–Crippen LogP) is 0.307. The third-order valence-corrected chi connectivity index (χ3v) is 4.08. The molecule has 0 saturated carbocycles. The zero-order chi connectivity index (χ0) is 15.8. The smallest absolute Gasteiger partial charge is 0.265 e. The molecule has 1 saturated heterocycles. The zero-order valence-corrected chi connectivity index (χ0v) is 13.2. The fraction of sp³-hybridized carbons (Fsp3) is 0.733. The molecule has 2 N–H and O–H groups in total. The molecule has 1 atom stereocenters. The first kappa shape index (κ1) is 17.5. The molecular formula is C15H26N4O2. The molecule has 0 radical (unpaired) electrons. The van der Waals surface area contributed by atoms with Crippen molar-refractivity contribution in [2.24, 2.45) is 0 Å². The minimum absolute atomic E-state index is 0.0231. The van der Waals surface area contributed by atoms with Crippen molar-refractivity contribution in [3.05, 3.63) is 11.8 Å². The first-order chi connectivity index (χ1) is 10.0. The van der Waals surface area contributed by atoms with E-state index in [9.17, 15) is 4.79 Å². The van der Waals surface area contributed by atoms with Gasteiger partial charge >= 0.3 is 0 Å². The lowest BCUT2D eigenvalue weighted by molar-refractivity contribution is -0.128. The zero-order valence-electron chi connectivity index (χ0n) is 13.2. The van der Waals surface area contributed by atoms with Crippen LogP contribution in [0.3, 0.4) is 0 Å². The van der Waals surface area contributed by atoms with Crippen LogP contribution in [0.25, 0.3) is 0 Å². The molecule has 1 aliphatic rings. The minimum atomic E-state index is -0.257. The normalized spacial score (nSPS) is 18.9. The number of likely N-dealkylation sites (tertiary alicyclic amines) is 1. The van der Waals surface area contributed by atoms with Crippen LogP contribution in [-0.2, 0) is 4.79 Å². The van der Waals surface area contributed by atoms with Crippen molar-refractivity contribution in [1.29, 1.82) is 5.26 Å². The van der Waals surface area contributed by atoms with Gasteiger partial charge in [-0.1, -0.05) is 6.92 Å². The molecule has 6 nitrogen and oxygen atoms in total. The molecule has 0 aromatic rings. The lowest BCUT2D eigenvalue weighted by atomic mass is 10.0. The van der Waals surface area contributed by atoms with Gasteiger partial charge in [0.25, 0.3) is 5.91 Å². The maximum Gasteiger partial charge on any atom is 0.265 e. The second kappa shape index (κ2) is 8.65. The van der Waals surface area contributed by atoms with Crippen LogP contribution in [0, 0.1) is 11.3 Å². The summed E-state index contributed by atoms with van der Waals surface area (Å²) in [5.74, 6) is -0.257. The van der Waals surface area contributed by atoms with Crippen molar-refractivity contribution in [1.82, 2.24) is 15.1 Å². The summed E-state index contributed by atoms with van der Waals surface area (Å²) in [6.45, 7) is 3.84.